The maximum Gasteiger partial charge on any atom is 0.141 e. The highest BCUT2D eigenvalue weighted by Crippen LogP contribution is 2.18. The van der Waals surface area contributed by atoms with Gasteiger partial charge in [0.05, 0.1) is 12.3 Å². The third-order valence-electron chi connectivity index (χ3n) is 2.51. The lowest BCUT2D eigenvalue weighted by atomic mass is 10.1. The van der Waals surface area contributed by atoms with Crippen molar-refractivity contribution < 1.29 is 9.50 Å². The normalized spacial score (nSPS) is 12.4. The van der Waals surface area contributed by atoms with Crippen molar-refractivity contribution in [2.75, 3.05) is 0 Å². The second kappa shape index (κ2) is 5.50. The van der Waals surface area contributed by atoms with E-state index in [1.807, 2.05) is 18.2 Å². The minimum absolute atomic E-state index is 0.431. The van der Waals surface area contributed by atoms with E-state index >= 15 is 0 Å². The Morgan fingerprint density at radius 2 is 2.18 bits per heavy atom. The first-order valence-corrected chi connectivity index (χ1v) is 5.44. The van der Waals surface area contributed by atoms with Gasteiger partial charge >= 0.3 is 0 Å². The van der Waals surface area contributed by atoms with E-state index in [1.54, 1.807) is 6.20 Å². The predicted octanol–water partition coefficient (Wildman–Crippen LogP) is 2.28. The molecule has 0 aliphatic heterocycles. The van der Waals surface area contributed by atoms with Gasteiger partial charge in [0.2, 0.25) is 0 Å². The quantitative estimate of drug-likeness (QED) is 0.879. The molecule has 1 unspecified atom stereocenters. The number of pyridine rings is 2. The van der Waals surface area contributed by atoms with E-state index < -0.39 is 11.9 Å². The largest absolute Gasteiger partial charge is 0.388 e. The molecular weight excluding hydrogens is 219 g/mol. The Balaban J connectivity index is 1.96. The van der Waals surface area contributed by atoms with Crippen LogP contribution in [0.4, 0.5) is 4.39 Å². The topological polar surface area (TPSA) is 46.0 Å². The first-order valence-electron chi connectivity index (χ1n) is 5.44. The van der Waals surface area contributed by atoms with Gasteiger partial charge in [-0.25, -0.2) is 4.39 Å². The summed E-state index contributed by atoms with van der Waals surface area (Å²) in [6, 6.07) is 6.95. The minimum Gasteiger partial charge on any atom is -0.388 e. The molecule has 0 aromatic carbocycles. The molecule has 0 spiro atoms. The molecule has 88 valence electrons. The molecule has 0 amide bonds. The summed E-state index contributed by atoms with van der Waals surface area (Å²) in [6.45, 7) is 0. The summed E-state index contributed by atoms with van der Waals surface area (Å²) < 4.78 is 12.9. The van der Waals surface area contributed by atoms with Crippen LogP contribution in [0.25, 0.3) is 0 Å². The summed E-state index contributed by atoms with van der Waals surface area (Å²) in [6.07, 6.45) is 4.76. The number of halogens is 1. The van der Waals surface area contributed by atoms with Gasteiger partial charge in [-0.15, -0.1) is 0 Å². The highest BCUT2D eigenvalue weighted by Gasteiger charge is 2.09. The van der Waals surface area contributed by atoms with Crippen LogP contribution >= 0.6 is 0 Å². The van der Waals surface area contributed by atoms with E-state index in [4.69, 9.17) is 0 Å². The highest BCUT2D eigenvalue weighted by atomic mass is 19.1. The Bertz CT molecular complexity index is 476. The Morgan fingerprint density at radius 3 is 2.88 bits per heavy atom. The molecule has 0 radical (unpaired) electrons. The Hall–Kier alpha value is -1.81. The molecule has 0 aliphatic rings. The van der Waals surface area contributed by atoms with Crippen LogP contribution in [0.5, 0.6) is 0 Å². The third-order valence-corrected chi connectivity index (χ3v) is 2.51. The number of aliphatic hydroxyl groups is 1. The fraction of sp³-hybridized carbons (Fsp3) is 0.231. The first kappa shape index (κ1) is 11.7. The van der Waals surface area contributed by atoms with Crippen LogP contribution in [0.1, 0.15) is 23.8 Å². The van der Waals surface area contributed by atoms with E-state index in [0.29, 0.717) is 18.4 Å². The van der Waals surface area contributed by atoms with Crippen LogP contribution in [0, 0.1) is 5.82 Å². The summed E-state index contributed by atoms with van der Waals surface area (Å²) in [5.41, 5.74) is 1.41. The maximum absolute atomic E-state index is 12.9. The zero-order valence-corrected chi connectivity index (χ0v) is 9.25. The van der Waals surface area contributed by atoms with E-state index in [0.717, 1.165) is 11.9 Å². The number of hydrogen-bond acceptors (Lipinski definition) is 3. The van der Waals surface area contributed by atoms with Gasteiger partial charge in [-0.1, -0.05) is 6.07 Å². The average Bonchev–Trinajstić information content (AvgIpc) is 2.37. The molecule has 0 aliphatic carbocycles. The number of aliphatic hydroxyl groups excluding tert-OH is 1. The Morgan fingerprint density at radius 1 is 1.29 bits per heavy atom. The zero-order valence-electron chi connectivity index (χ0n) is 9.25. The van der Waals surface area contributed by atoms with E-state index in [-0.39, 0.29) is 0 Å². The molecule has 0 saturated carbocycles. The van der Waals surface area contributed by atoms with Crippen molar-refractivity contribution in [1.82, 2.24) is 9.97 Å². The first-order chi connectivity index (χ1) is 8.25. The van der Waals surface area contributed by atoms with Crippen LogP contribution in [-0.2, 0) is 6.42 Å². The van der Waals surface area contributed by atoms with Crippen molar-refractivity contribution in [2.24, 2.45) is 0 Å². The lowest BCUT2D eigenvalue weighted by Gasteiger charge is -2.09. The number of aromatic nitrogens is 2. The van der Waals surface area contributed by atoms with Crippen molar-refractivity contribution in [1.29, 1.82) is 0 Å². The smallest absolute Gasteiger partial charge is 0.141 e. The summed E-state index contributed by atoms with van der Waals surface area (Å²) >= 11 is 0. The maximum atomic E-state index is 12.9. The molecule has 2 aromatic rings. The standard InChI is InChI=1S/C13H13FN2O/c14-11-7-10(8-15-9-11)13(17)5-4-12-3-1-2-6-16-12/h1-3,6-9,13,17H,4-5H2. The predicted molar refractivity (Wildman–Crippen MR) is 61.7 cm³/mol. The molecule has 0 saturated heterocycles. The van der Waals surface area contributed by atoms with Gasteiger partial charge in [0, 0.05) is 23.7 Å². The molecule has 0 fully saturated rings. The van der Waals surface area contributed by atoms with Crippen LogP contribution in [0.15, 0.2) is 42.9 Å². The molecule has 1 N–H and O–H groups in total. The summed E-state index contributed by atoms with van der Waals surface area (Å²) in [7, 11) is 0. The van der Waals surface area contributed by atoms with Gasteiger partial charge in [-0.3, -0.25) is 9.97 Å². The number of aryl methyl sites for hydroxylation is 1. The summed E-state index contributed by atoms with van der Waals surface area (Å²) in [5, 5.41) is 9.87. The van der Waals surface area contributed by atoms with Gasteiger partial charge < -0.3 is 5.11 Å². The average molecular weight is 232 g/mol. The molecule has 3 nitrogen and oxygen atoms in total. The van der Waals surface area contributed by atoms with Crippen LogP contribution < -0.4 is 0 Å². The summed E-state index contributed by atoms with van der Waals surface area (Å²) in [4.78, 5) is 7.87. The monoisotopic (exact) mass is 232 g/mol. The fourth-order valence-corrected chi connectivity index (χ4v) is 1.61. The van der Waals surface area contributed by atoms with E-state index in [9.17, 15) is 9.50 Å². The second-order valence-corrected chi connectivity index (χ2v) is 3.81. The van der Waals surface area contributed by atoms with Gasteiger partial charge in [0.1, 0.15) is 5.82 Å². The third kappa shape index (κ3) is 3.32. The van der Waals surface area contributed by atoms with Crippen molar-refractivity contribution in [3.8, 4) is 0 Å². The van der Waals surface area contributed by atoms with E-state index in [2.05, 4.69) is 9.97 Å². The van der Waals surface area contributed by atoms with Crippen LogP contribution in [-0.4, -0.2) is 15.1 Å². The van der Waals surface area contributed by atoms with Crippen molar-refractivity contribution in [3.05, 3.63) is 59.9 Å². The van der Waals surface area contributed by atoms with Crippen molar-refractivity contribution in [2.45, 2.75) is 18.9 Å². The number of rotatable bonds is 4. The molecule has 2 heterocycles. The van der Waals surface area contributed by atoms with E-state index in [1.165, 1.54) is 12.3 Å². The van der Waals surface area contributed by atoms with Crippen molar-refractivity contribution >= 4 is 0 Å². The van der Waals surface area contributed by atoms with Gasteiger partial charge in [-0.05, 0) is 31.0 Å². The number of hydrogen-bond donors (Lipinski definition) is 1. The second-order valence-electron chi connectivity index (χ2n) is 3.81. The van der Waals surface area contributed by atoms with Gasteiger partial charge in [0.25, 0.3) is 0 Å². The van der Waals surface area contributed by atoms with Crippen LogP contribution in [0.2, 0.25) is 0 Å². The van der Waals surface area contributed by atoms with Crippen LogP contribution in [0.3, 0.4) is 0 Å². The minimum atomic E-state index is -0.708. The van der Waals surface area contributed by atoms with Gasteiger partial charge in [0.15, 0.2) is 0 Å². The molecular formula is C13H13FN2O. The molecule has 1 atom stereocenters. The summed E-state index contributed by atoms with van der Waals surface area (Å²) in [5.74, 6) is -0.431. The lowest BCUT2D eigenvalue weighted by Crippen LogP contribution is -2.01. The van der Waals surface area contributed by atoms with Crippen molar-refractivity contribution in [3.63, 3.8) is 0 Å². The highest BCUT2D eigenvalue weighted by molar-refractivity contribution is 5.14. The number of nitrogens with zero attached hydrogens (tertiary/aromatic N) is 2. The SMILES string of the molecule is OC(CCc1ccccn1)c1cncc(F)c1. The lowest BCUT2D eigenvalue weighted by molar-refractivity contribution is 0.166. The molecule has 4 heteroatoms. The molecule has 0 bridgehead atoms. The molecule has 2 rings (SSSR count). The fourth-order valence-electron chi connectivity index (χ4n) is 1.61. The zero-order chi connectivity index (χ0) is 12.1. The van der Waals surface area contributed by atoms with Gasteiger partial charge in [-0.2, -0.15) is 0 Å². The Kier molecular flexibility index (Phi) is 3.77. The molecule has 17 heavy (non-hydrogen) atoms. The molecule has 2 aromatic heterocycles. The Labute approximate surface area is 99.0 Å².